The van der Waals surface area contributed by atoms with Gasteiger partial charge in [0.25, 0.3) is 0 Å². The van der Waals surface area contributed by atoms with E-state index >= 15 is 0 Å². The molecule has 2 saturated heterocycles. The Bertz CT molecular complexity index is 783. The van der Waals surface area contributed by atoms with Crippen molar-refractivity contribution in [1.29, 1.82) is 0 Å². The Kier molecular flexibility index (Phi) is 15.8. The number of carbonyl (C=O) groups is 1. The molecule has 12 N–H and O–H groups in total. The first-order valence-electron chi connectivity index (χ1n) is 13.6. The van der Waals surface area contributed by atoms with Crippen molar-refractivity contribution < 1.29 is 79.2 Å². The highest BCUT2D eigenvalue weighted by Crippen LogP contribution is 2.31. The maximum absolute atomic E-state index is 11.9. The summed E-state index contributed by atoms with van der Waals surface area (Å²) in [6, 6.07) is -1.20. The van der Waals surface area contributed by atoms with Crippen LogP contribution in [-0.2, 0) is 33.2 Å². The van der Waals surface area contributed by atoms with Crippen LogP contribution in [0.5, 0.6) is 0 Å². The molecule has 2 aliphatic heterocycles. The highest BCUT2D eigenvalue weighted by Gasteiger charge is 2.52. The molecule has 0 radical (unpaired) electrons. The van der Waals surface area contributed by atoms with E-state index in [0.29, 0.717) is 13.0 Å². The van der Waals surface area contributed by atoms with Gasteiger partial charge in [0.1, 0.15) is 61.0 Å². The molecule has 2 fully saturated rings. The molecule has 0 aliphatic carbocycles. The van der Waals surface area contributed by atoms with Crippen LogP contribution in [0.3, 0.4) is 0 Å². The average molecular weight is 619 g/mol. The number of nitrogens with two attached hydrogens (primary N) is 1. The van der Waals surface area contributed by atoms with Gasteiger partial charge in [-0.05, 0) is 19.9 Å². The molecule has 1 amide bonds. The van der Waals surface area contributed by atoms with Crippen molar-refractivity contribution in [2.45, 2.75) is 106 Å². The molecule has 0 saturated carbocycles. The van der Waals surface area contributed by atoms with Gasteiger partial charge in [-0.1, -0.05) is 0 Å². The fourth-order valence-corrected chi connectivity index (χ4v) is 4.47. The SMILES string of the molecule is CC(=O)NC1C(OCCCN)OC(CO)C(OC2OC(CO)C(O)C(OC(OC(CO)[C@@H](C)O)[C@@H](O)CO)C2O)C1O. The summed E-state index contributed by atoms with van der Waals surface area (Å²) in [7, 11) is 0. The van der Waals surface area contributed by atoms with Crippen molar-refractivity contribution >= 4 is 5.91 Å². The summed E-state index contributed by atoms with van der Waals surface area (Å²) in [6.45, 7) is -0.258. The number of ether oxygens (including phenoxy) is 6. The summed E-state index contributed by atoms with van der Waals surface area (Å²) < 4.78 is 33.6. The van der Waals surface area contributed by atoms with E-state index in [1.54, 1.807) is 0 Å². The van der Waals surface area contributed by atoms with E-state index < -0.39 is 118 Å². The van der Waals surface area contributed by atoms with E-state index in [9.17, 15) is 50.8 Å². The number of nitrogens with one attached hydrogen (secondary N) is 1. The van der Waals surface area contributed by atoms with E-state index in [1.165, 1.54) is 13.8 Å². The number of aliphatic hydroxyl groups excluding tert-OH is 9. The molecule has 0 spiro atoms. The first kappa shape index (κ1) is 37.0. The van der Waals surface area contributed by atoms with E-state index in [-0.39, 0.29) is 6.61 Å². The molecule has 18 heteroatoms. The maximum atomic E-state index is 11.9. The zero-order valence-electron chi connectivity index (χ0n) is 23.5. The van der Waals surface area contributed by atoms with Crippen LogP contribution in [0.15, 0.2) is 0 Å². The Morgan fingerprint density at radius 1 is 0.929 bits per heavy atom. The number of carbonyl (C=O) groups excluding carboxylic acids is 1. The standard InChI is InChI=1S/C24H46N2O16/c1-10(31)13(7-28)38-22(12(33)6-27)42-21-17(34)14(8-29)39-24(19(21)36)41-20-15(9-30)40-23(37-5-3-4-25)16(18(20)35)26-11(2)32/h10,12-24,27-31,33-36H,3-9,25H2,1-2H3,(H,26,32)/t10-,12+,13?,14?,15?,16?,17?,18?,19?,20?,21?,22?,23?,24?/m1/s1. The minimum Gasteiger partial charge on any atom is -0.394 e. The molecule has 12 unspecified atom stereocenters. The van der Waals surface area contributed by atoms with Crippen LogP contribution in [0.4, 0.5) is 0 Å². The molecule has 2 rings (SSSR count). The highest BCUT2D eigenvalue weighted by molar-refractivity contribution is 5.73. The van der Waals surface area contributed by atoms with Crippen molar-refractivity contribution in [2.75, 3.05) is 39.6 Å². The minimum absolute atomic E-state index is 0.113. The molecule has 0 aromatic heterocycles. The second-order valence-electron chi connectivity index (χ2n) is 10.1. The smallest absolute Gasteiger partial charge is 0.217 e. The van der Waals surface area contributed by atoms with Gasteiger partial charge >= 0.3 is 0 Å². The largest absolute Gasteiger partial charge is 0.394 e. The van der Waals surface area contributed by atoms with Crippen LogP contribution < -0.4 is 11.1 Å². The first-order chi connectivity index (χ1) is 19.9. The van der Waals surface area contributed by atoms with Crippen molar-refractivity contribution in [1.82, 2.24) is 5.32 Å². The molecule has 14 atom stereocenters. The van der Waals surface area contributed by atoms with Gasteiger partial charge in [0.15, 0.2) is 18.9 Å². The Morgan fingerprint density at radius 2 is 1.57 bits per heavy atom. The number of rotatable bonds is 17. The van der Waals surface area contributed by atoms with Crippen molar-refractivity contribution in [3.05, 3.63) is 0 Å². The molecule has 18 nitrogen and oxygen atoms in total. The van der Waals surface area contributed by atoms with Crippen molar-refractivity contribution in [3.8, 4) is 0 Å². The molecule has 0 aromatic carbocycles. The van der Waals surface area contributed by atoms with Gasteiger partial charge in [-0.25, -0.2) is 0 Å². The van der Waals surface area contributed by atoms with Crippen LogP contribution in [0.1, 0.15) is 20.3 Å². The summed E-state index contributed by atoms with van der Waals surface area (Å²) in [5, 5.41) is 94.3. The molecule has 0 bridgehead atoms. The third kappa shape index (κ3) is 9.66. The minimum atomic E-state index is -1.91. The van der Waals surface area contributed by atoms with Gasteiger partial charge in [0, 0.05) is 6.92 Å². The monoisotopic (exact) mass is 618 g/mol. The van der Waals surface area contributed by atoms with E-state index in [0.717, 1.165) is 0 Å². The number of amides is 1. The van der Waals surface area contributed by atoms with Gasteiger partial charge in [-0.3, -0.25) is 4.79 Å². The molecule has 2 aliphatic rings. The summed E-state index contributed by atoms with van der Waals surface area (Å²) in [5.41, 5.74) is 5.48. The van der Waals surface area contributed by atoms with Gasteiger partial charge in [-0.15, -0.1) is 0 Å². The summed E-state index contributed by atoms with van der Waals surface area (Å²) in [4.78, 5) is 11.9. The second kappa shape index (κ2) is 18.0. The van der Waals surface area contributed by atoms with Crippen molar-refractivity contribution in [3.63, 3.8) is 0 Å². The first-order valence-corrected chi connectivity index (χ1v) is 13.6. The van der Waals surface area contributed by atoms with E-state index in [4.69, 9.17) is 34.2 Å². The lowest BCUT2D eigenvalue weighted by Gasteiger charge is -2.48. The molecule has 248 valence electrons. The Balaban J connectivity index is 2.31. The Morgan fingerprint density at radius 3 is 2.10 bits per heavy atom. The van der Waals surface area contributed by atoms with Crippen LogP contribution >= 0.6 is 0 Å². The van der Waals surface area contributed by atoms with Crippen LogP contribution in [0.2, 0.25) is 0 Å². The molecular weight excluding hydrogens is 572 g/mol. The zero-order chi connectivity index (χ0) is 31.6. The number of hydrogen-bond acceptors (Lipinski definition) is 17. The quantitative estimate of drug-likeness (QED) is 0.0533. The molecule has 42 heavy (non-hydrogen) atoms. The summed E-state index contributed by atoms with van der Waals surface area (Å²) in [6.07, 6.45) is -19.8. The van der Waals surface area contributed by atoms with Crippen LogP contribution in [0, 0.1) is 0 Å². The number of hydrogen-bond donors (Lipinski definition) is 11. The molecule has 0 aromatic rings. The lowest BCUT2D eigenvalue weighted by molar-refractivity contribution is -0.366. The predicted molar refractivity (Wildman–Crippen MR) is 137 cm³/mol. The maximum Gasteiger partial charge on any atom is 0.217 e. The normalized spacial score (nSPS) is 36.7. The van der Waals surface area contributed by atoms with Gasteiger partial charge < -0.3 is 85.4 Å². The fourth-order valence-electron chi connectivity index (χ4n) is 4.47. The molecule has 2 heterocycles. The van der Waals surface area contributed by atoms with E-state index in [2.05, 4.69) is 5.32 Å². The van der Waals surface area contributed by atoms with Gasteiger partial charge in [-0.2, -0.15) is 0 Å². The summed E-state index contributed by atoms with van der Waals surface area (Å²) >= 11 is 0. The third-order valence-corrected chi connectivity index (χ3v) is 6.79. The second-order valence-corrected chi connectivity index (χ2v) is 10.1. The third-order valence-electron chi connectivity index (χ3n) is 6.79. The van der Waals surface area contributed by atoms with E-state index in [1.807, 2.05) is 0 Å². The van der Waals surface area contributed by atoms with Gasteiger partial charge in [0.05, 0.1) is 39.1 Å². The van der Waals surface area contributed by atoms with Crippen LogP contribution in [0.25, 0.3) is 0 Å². The Hall–Kier alpha value is -1.17. The predicted octanol–water partition coefficient (Wildman–Crippen LogP) is -6.42. The average Bonchev–Trinajstić information content (AvgIpc) is 2.96. The van der Waals surface area contributed by atoms with Gasteiger partial charge in [0.2, 0.25) is 5.91 Å². The Labute approximate surface area is 242 Å². The summed E-state index contributed by atoms with van der Waals surface area (Å²) in [5.74, 6) is -0.547. The topological polar surface area (TPSA) is 293 Å². The van der Waals surface area contributed by atoms with Crippen LogP contribution in [-0.4, -0.2) is 177 Å². The number of aliphatic hydroxyl groups is 9. The van der Waals surface area contributed by atoms with Crippen molar-refractivity contribution in [2.24, 2.45) is 5.73 Å². The highest BCUT2D eigenvalue weighted by atomic mass is 16.8. The fraction of sp³-hybridized carbons (Fsp3) is 0.958. The molecular formula is C24H46N2O16. The zero-order valence-corrected chi connectivity index (χ0v) is 23.5. The lowest BCUT2D eigenvalue weighted by atomic mass is 9.95. The lowest BCUT2D eigenvalue weighted by Crippen LogP contribution is -2.68.